The summed E-state index contributed by atoms with van der Waals surface area (Å²) in [5.74, 6) is 0.518. The zero-order chi connectivity index (χ0) is 17.1. The molecule has 0 N–H and O–H groups in total. The molecule has 0 fully saturated rings. The maximum absolute atomic E-state index is 12.8. The van der Waals surface area contributed by atoms with Gasteiger partial charge in [0.2, 0.25) is 0 Å². The fraction of sp³-hybridized carbons (Fsp3) is 0.105. The van der Waals surface area contributed by atoms with Crippen LogP contribution < -0.4 is 10.3 Å². The van der Waals surface area contributed by atoms with Gasteiger partial charge in [-0.2, -0.15) is 0 Å². The first-order valence-electron chi connectivity index (χ1n) is 7.41. The van der Waals surface area contributed by atoms with E-state index in [4.69, 9.17) is 16.3 Å². The smallest absolute Gasteiger partial charge is 0.273 e. The Morgan fingerprint density at radius 1 is 1.08 bits per heavy atom. The quantitative estimate of drug-likeness (QED) is 0.603. The molecule has 122 valence electrons. The molecular weight excluding hydrogens is 390 g/mol. The first-order chi connectivity index (χ1) is 11.6. The molecule has 0 aliphatic heterocycles. The van der Waals surface area contributed by atoms with Crippen molar-refractivity contribution in [1.82, 2.24) is 4.57 Å². The number of hydrogen-bond donors (Lipinski definition) is 0. The molecule has 24 heavy (non-hydrogen) atoms. The highest BCUT2D eigenvalue weighted by Gasteiger charge is 2.15. The van der Waals surface area contributed by atoms with E-state index < -0.39 is 0 Å². The molecule has 5 heteroatoms. The number of halogens is 2. The maximum atomic E-state index is 12.8. The van der Waals surface area contributed by atoms with Crippen LogP contribution in [-0.4, -0.2) is 4.57 Å². The SMILES string of the molecule is Cc1cc(OCc2ccccc2)c(Br)c(=O)n1-c1ccccc1Cl. The van der Waals surface area contributed by atoms with Crippen molar-refractivity contribution in [1.29, 1.82) is 0 Å². The molecule has 3 rings (SSSR count). The van der Waals surface area contributed by atoms with Crippen LogP contribution in [0.4, 0.5) is 0 Å². The number of ether oxygens (including phenoxy) is 1. The fourth-order valence-corrected chi connectivity index (χ4v) is 3.08. The lowest BCUT2D eigenvalue weighted by molar-refractivity contribution is 0.303. The summed E-state index contributed by atoms with van der Waals surface area (Å²) in [5.41, 5.74) is 2.24. The molecule has 2 aromatic carbocycles. The standard InChI is InChI=1S/C19H15BrClNO2/c1-13-11-17(24-12-14-7-3-2-4-8-14)18(20)19(23)22(13)16-10-6-5-9-15(16)21/h2-11H,12H2,1H3. The van der Waals surface area contributed by atoms with Crippen molar-refractivity contribution in [2.45, 2.75) is 13.5 Å². The Balaban J connectivity index is 1.97. The van der Waals surface area contributed by atoms with Gasteiger partial charge in [-0.1, -0.05) is 54.1 Å². The maximum Gasteiger partial charge on any atom is 0.273 e. The summed E-state index contributed by atoms with van der Waals surface area (Å²) >= 11 is 9.59. The van der Waals surface area contributed by atoms with Crippen LogP contribution in [0.5, 0.6) is 5.75 Å². The molecule has 1 aromatic heterocycles. The van der Waals surface area contributed by atoms with E-state index in [-0.39, 0.29) is 5.56 Å². The van der Waals surface area contributed by atoms with Crippen LogP contribution >= 0.6 is 27.5 Å². The second-order valence-electron chi connectivity index (χ2n) is 5.33. The molecule has 0 aliphatic rings. The largest absolute Gasteiger partial charge is 0.487 e. The Bertz CT molecular complexity index is 922. The van der Waals surface area contributed by atoms with E-state index in [1.54, 1.807) is 10.6 Å². The van der Waals surface area contributed by atoms with Crippen molar-refractivity contribution >= 4 is 27.5 Å². The van der Waals surface area contributed by atoms with Crippen LogP contribution in [0, 0.1) is 6.92 Å². The van der Waals surface area contributed by atoms with E-state index in [1.165, 1.54) is 0 Å². The molecule has 3 aromatic rings. The van der Waals surface area contributed by atoms with E-state index >= 15 is 0 Å². The van der Waals surface area contributed by atoms with Crippen LogP contribution in [0.2, 0.25) is 5.02 Å². The minimum absolute atomic E-state index is 0.203. The van der Waals surface area contributed by atoms with E-state index in [2.05, 4.69) is 15.9 Å². The summed E-state index contributed by atoms with van der Waals surface area (Å²) in [5, 5.41) is 0.521. The molecular formula is C19H15BrClNO2. The van der Waals surface area contributed by atoms with Crippen LogP contribution in [0.25, 0.3) is 5.69 Å². The van der Waals surface area contributed by atoms with Gasteiger partial charge in [0.15, 0.2) is 0 Å². The van der Waals surface area contributed by atoms with E-state index in [0.29, 0.717) is 27.5 Å². The molecule has 3 nitrogen and oxygen atoms in total. The number of aryl methyl sites for hydroxylation is 1. The highest BCUT2D eigenvalue weighted by molar-refractivity contribution is 9.10. The predicted octanol–water partition coefficient (Wildman–Crippen LogP) is 5.14. The molecule has 1 heterocycles. The number of aromatic nitrogens is 1. The molecule has 0 amide bonds. The third-order valence-electron chi connectivity index (χ3n) is 3.63. The molecule has 0 unspecified atom stereocenters. The molecule has 0 radical (unpaired) electrons. The summed E-state index contributed by atoms with van der Waals surface area (Å²) in [6.07, 6.45) is 0. The first-order valence-corrected chi connectivity index (χ1v) is 8.59. The van der Waals surface area contributed by atoms with Crippen molar-refractivity contribution in [2.24, 2.45) is 0 Å². The van der Waals surface area contributed by atoms with Gasteiger partial charge < -0.3 is 4.74 Å². The van der Waals surface area contributed by atoms with Gasteiger partial charge in [0, 0.05) is 11.8 Å². The van der Waals surface area contributed by atoms with E-state index in [1.807, 2.05) is 61.5 Å². The normalized spacial score (nSPS) is 10.6. The average Bonchev–Trinajstić information content (AvgIpc) is 2.59. The number of pyridine rings is 1. The molecule has 0 spiro atoms. The van der Waals surface area contributed by atoms with Gasteiger partial charge in [0.1, 0.15) is 16.8 Å². The lowest BCUT2D eigenvalue weighted by Gasteiger charge is -2.15. The number of benzene rings is 2. The number of hydrogen-bond acceptors (Lipinski definition) is 2. The summed E-state index contributed by atoms with van der Waals surface area (Å²) in [7, 11) is 0. The van der Waals surface area contributed by atoms with Crippen LogP contribution in [0.15, 0.2) is 69.9 Å². The topological polar surface area (TPSA) is 31.2 Å². The Morgan fingerprint density at radius 2 is 1.75 bits per heavy atom. The zero-order valence-corrected chi connectivity index (χ0v) is 15.3. The van der Waals surface area contributed by atoms with Crippen molar-refractivity contribution in [3.63, 3.8) is 0 Å². The van der Waals surface area contributed by atoms with E-state index in [9.17, 15) is 4.79 Å². The van der Waals surface area contributed by atoms with Crippen molar-refractivity contribution in [2.75, 3.05) is 0 Å². The zero-order valence-electron chi connectivity index (χ0n) is 13.0. The Kier molecular flexibility index (Phi) is 5.07. The molecule has 0 saturated carbocycles. The lowest BCUT2D eigenvalue weighted by Crippen LogP contribution is -2.22. The molecule has 0 atom stereocenters. The monoisotopic (exact) mass is 403 g/mol. The van der Waals surface area contributed by atoms with E-state index in [0.717, 1.165) is 11.3 Å². The van der Waals surface area contributed by atoms with Crippen molar-refractivity contribution < 1.29 is 4.74 Å². The van der Waals surface area contributed by atoms with Crippen molar-refractivity contribution in [3.05, 3.63) is 91.8 Å². The fourth-order valence-electron chi connectivity index (χ4n) is 2.45. The van der Waals surface area contributed by atoms with Crippen LogP contribution in [-0.2, 0) is 6.61 Å². The van der Waals surface area contributed by atoms with Crippen molar-refractivity contribution in [3.8, 4) is 11.4 Å². The first kappa shape index (κ1) is 16.8. The summed E-state index contributed by atoms with van der Waals surface area (Å²) in [6.45, 7) is 2.25. The molecule has 0 bridgehead atoms. The second-order valence-corrected chi connectivity index (χ2v) is 6.53. The Hall–Kier alpha value is -2.04. The van der Waals surface area contributed by atoms with Gasteiger partial charge in [-0.25, -0.2) is 0 Å². The number of rotatable bonds is 4. The minimum Gasteiger partial charge on any atom is -0.487 e. The van der Waals surface area contributed by atoms with Gasteiger partial charge in [0.05, 0.1) is 10.7 Å². The summed E-state index contributed by atoms with van der Waals surface area (Å²) in [4.78, 5) is 12.8. The average molecular weight is 405 g/mol. The van der Waals surface area contributed by atoms with Gasteiger partial charge in [0.25, 0.3) is 5.56 Å². The van der Waals surface area contributed by atoms with Gasteiger partial charge >= 0.3 is 0 Å². The Labute approximate surface area is 153 Å². The predicted molar refractivity (Wildman–Crippen MR) is 100 cm³/mol. The van der Waals surface area contributed by atoms with Gasteiger partial charge in [-0.05, 0) is 40.5 Å². The van der Waals surface area contributed by atoms with Gasteiger partial charge in [-0.3, -0.25) is 9.36 Å². The van der Waals surface area contributed by atoms with Gasteiger partial charge in [-0.15, -0.1) is 0 Å². The second kappa shape index (κ2) is 7.24. The van der Waals surface area contributed by atoms with Crippen LogP contribution in [0.3, 0.4) is 0 Å². The number of para-hydroxylation sites is 1. The summed E-state index contributed by atoms with van der Waals surface area (Å²) < 4.78 is 7.76. The highest BCUT2D eigenvalue weighted by Crippen LogP contribution is 2.27. The number of nitrogens with zero attached hydrogens (tertiary/aromatic N) is 1. The Morgan fingerprint density at radius 3 is 2.46 bits per heavy atom. The molecule has 0 saturated heterocycles. The lowest BCUT2D eigenvalue weighted by atomic mass is 10.2. The highest BCUT2D eigenvalue weighted by atomic mass is 79.9. The molecule has 0 aliphatic carbocycles. The van der Waals surface area contributed by atoms with Crippen LogP contribution in [0.1, 0.15) is 11.3 Å². The third-order valence-corrected chi connectivity index (χ3v) is 4.68. The summed E-state index contributed by atoms with van der Waals surface area (Å²) in [6, 6.07) is 18.9. The minimum atomic E-state index is -0.203. The third kappa shape index (κ3) is 3.40.